The molecule has 0 atom stereocenters. The number of hydrogen-bond donors (Lipinski definition) is 1. The van der Waals surface area contributed by atoms with Gasteiger partial charge in [0.05, 0.1) is 11.3 Å². The zero-order valence-electron chi connectivity index (χ0n) is 16.5. The second-order valence-electron chi connectivity index (χ2n) is 6.72. The van der Waals surface area contributed by atoms with Crippen molar-refractivity contribution in [1.29, 1.82) is 0 Å². The minimum Gasteiger partial charge on any atom is -0.489 e. The first-order valence-corrected chi connectivity index (χ1v) is 8.99. The van der Waals surface area contributed by atoms with Gasteiger partial charge in [0.25, 0.3) is 5.91 Å². The van der Waals surface area contributed by atoms with Crippen LogP contribution in [0.3, 0.4) is 0 Å². The highest BCUT2D eigenvalue weighted by Gasteiger charge is 2.11. The molecule has 0 unspecified atom stereocenters. The summed E-state index contributed by atoms with van der Waals surface area (Å²) >= 11 is 0. The SMILES string of the molecule is Cc1noc(C)c1COc1cccc(C(=O)NCc2ccc(N(C)C)nc2)c1. The Morgan fingerprint density at radius 1 is 1.21 bits per heavy atom. The number of nitrogens with one attached hydrogen (secondary N) is 1. The van der Waals surface area contributed by atoms with Gasteiger partial charge in [-0.15, -0.1) is 0 Å². The second kappa shape index (κ2) is 8.56. The molecule has 0 aliphatic heterocycles. The molecule has 0 fully saturated rings. The van der Waals surface area contributed by atoms with Crippen molar-refractivity contribution in [3.63, 3.8) is 0 Å². The van der Waals surface area contributed by atoms with E-state index in [1.54, 1.807) is 24.4 Å². The Labute approximate surface area is 164 Å². The molecule has 7 heteroatoms. The number of nitrogens with zero attached hydrogens (tertiary/aromatic N) is 3. The van der Waals surface area contributed by atoms with Gasteiger partial charge in [0.1, 0.15) is 23.9 Å². The van der Waals surface area contributed by atoms with E-state index in [2.05, 4.69) is 15.5 Å². The van der Waals surface area contributed by atoms with Gasteiger partial charge in [-0.3, -0.25) is 4.79 Å². The van der Waals surface area contributed by atoms with E-state index < -0.39 is 0 Å². The predicted octanol–water partition coefficient (Wildman–Crippen LogP) is 3.26. The first-order chi connectivity index (χ1) is 13.4. The molecule has 1 amide bonds. The number of aromatic nitrogens is 2. The molecular weight excluding hydrogens is 356 g/mol. The van der Waals surface area contributed by atoms with Crippen LogP contribution in [0, 0.1) is 13.8 Å². The molecule has 146 valence electrons. The highest BCUT2D eigenvalue weighted by atomic mass is 16.5. The third-order valence-corrected chi connectivity index (χ3v) is 4.38. The van der Waals surface area contributed by atoms with E-state index in [0.29, 0.717) is 24.5 Å². The third-order valence-electron chi connectivity index (χ3n) is 4.38. The van der Waals surface area contributed by atoms with E-state index in [1.165, 1.54) is 0 Å². The second-order valence-corrected chi connectivity index (χ2v) is 6.72. The van der Waals surface area contributed by atoms with Crippen molar-refractivity contribution in [2.75, 3.05) is 19.0 Å². The molecule has 28 heavy (non-hydrogen) atoms. The fraction of sp³-hybridized carbons (Fsp3) is 0.286. The molecule has 0 spiro atoms. The maximum atomic E-state index is 12.5. The molecule has 3 aromatic rings. The number of rotatable bonds is 7. The molecule has 0 radical (unpaired) electrons. The molecule has 0 aliphatic carbocycles. The predicted molar refractivity (Wildman–Crippen MR) is 106 cm³/mol. The summed E-state index contributed by atoms with van der Waals surface area (Å²) in [7, 11) is 3.87. The van der Waals surface area contributed by atoms with Crippen molar-refractivity contribution >= 4 is 11.7 Å². The van der Waals surface area contributed by atoms with Gasteiger partial charge >= 0.3 is 0 Å². The lowest BCUT2D eigenvalue weighted by molar-refractivity contribution is 0.0950. The van der Waals surface area contributed by atoms with E-state index >= 15 is 0 Å². The van der Waals surface area contributed by atoms with Crippen LogP contribution < -0.4 is 15.0 Å². The van der Waals surface area contributed by atoms with Gasteiger partial charge in [-0.25, -0.2) is 4.98 Å². The van der Waals surface area contributed by atoms with Crippen LogP contribution in [0.25, 0.3) is 0 Å². The first kappa shape index (κ1) is 19.4. The number of pyridine rings is 1. The van der Waals surface area contributed by atoms with Crippen molar-refractivity contribution < 1.29 is 14.1 Å². The summed E-state index contributed by atoms with van der Waals surface area (Å²) in [5.41, 5.74) is 3.20. The van der Waals surface area contributed by atoms with E-state index in [-0.39, 0.29) is 5.91 Å². The summed E-state index contributed by atoms with van der Waals surface area (Å²) in [5, 5.41) is 6.82. The quantitative estimate of drug-likeness (QED) is 0.678. The highest BCUT2D eigenvalue weighted by molar-refractivity contribution is 5.94. The standard InChI is InChI=1S/C21H24N4O3/c1-14-19(15(2)28-24-14)13-27-18-7-5-6-17(10-18)21(26)23-12-16-8-9-20(22-11-16)25(3)4/h5-11H,12-13H2,1-4H3,(H,23,26). The average Bonchev–Trinajstić information content (AvgIpc) is 3.02. The van der Waals surface area contributed by atoms with Gasteiger partial charge in [0, 0.05) is 32.4 Å². The number of anilines is 1. The Kier molecular flexibility index (Phi) is 5.93. The number of benzene rings is 1. The maximum absolute atomic E-state index is 12.5. The molecule has 0 saturated heterocycles. The zero-order chi connectivity index (χ0) is 20.1. The molecular formula is C21H24N4O3. The molecule has 1 aromatic carbocycles. The van der Waals surface area contributed by atoms with Gasteiger partial charge in [-0.05, 0) is 43.7 Å². The van der Waals surface area contributed by atoms with Crippen molar-refractivity contribution in [1.82, 2.24) is 15.5 Å². The van der Waals surface area contributed by atoms with Gasteiger partial charge in [0.2, 0.25) is 0 Å². The van der Waals surface area contributed by atoms with E-state index in [9.17, 15) is 4.79 Å². The van der Waals surface area contributed by atoms with Crippen LogP contribution in [0.1, 0.15) is 32.9 Å². The topological polar surface area (TPSA) is 80.5 Å². The minimum absolute atomic E-state index is 0.167. The molecule has 2 aromatic heterocycles. The monoisotopic (exact) mass is 380 g/mol. The fourth-order valence-electron chi connectivity index (χ4n) is 2.66. The third kappa shape index (κ3) is 4.68. The van der Waals surface area contributed by atoms with Crippen molar-refractivity contribution in [2.24, 2.45) is 0 Å². The van der Waals surface area contributed by atoms with Crippen LogP contribution in [0.2, 0.25) is 0 Å². The van der Waals surface area contributed by atoms with Crippen LogP contribution in [0.15, 0.2) is 47.1 Å². The van der Waals surface area contributed by atoms with Gasteiger partial charge in [0.15, 0.2) is 0 Å². The van der Waals surface area contributed by atoms with E-state index in [1.807, 2.05) is 51.0 Å². The van der Waals surface area contributed by atoms with E-state index in [0.717, 1.165) is 28.4 Å². The van der Waals surface area contributed by atoms with E-state index in [4.69, 9.17) is 9.26 Å². The summed E-state index contributed by atoms with van der Waals surface area (Å²) < 4.78 is 10.9. The summed E-state index contributed by atoms with van der Waals surface area (Å²) in [5.74, 6) is 2.06. The minimum atomic E-state index is -0.167. The number of hydrogen-bond acceptors (Lipinski definition) is 6. The number of carbonyl (C=O) groups is 1. The fourth-order valence-corrected chi connectivity index (χ4v) is 2.66. The highest BCUT2D eigenvalue weighted by Crippen LogP contribution is 2.18. The molecule has 7 nitrogen and oxygen atoms in total. The Morgan fingerprint density at radius 2 is 2.04 bits per heavy atom. The molecule has 0 saturated carbocycles. The Balaban J connectivity index is 1.59. The molecule has 0 bridgehead atoms. The summed E-state index contributed by atoms with van der Waals surface area (Å²) in [6, 6.07) is 11.0. The summed E-state index contributed by atoms with van der Waals surface area (Å²) in [6.45, 7) is 4.47. The first-order valence-electron chi connectivity index (χ1n) is 8.99. The Hall–Kier alpha value is -3.35. The lowest BCUT2D eigenvalue weighted by atomic mass is 10.2. The largest absolute Gasteiger partial charge is 0.489 e. The Bertz CT molecular complexity index is 929. The van der Waals surface area contributed by atoms with Gasteiger partial charge in [-0.1, -0.05) is 17.3 Å². The van der Waals surface area contributed by atoms with Crippen molar-refractivity contribution in [3.8, 4) is 5.75 Å². The summed E-state index contributed by atoms with van der Waals surface area (Å²) in [6.07, 6.45) is 1.76. The average molecular weight is 380 g/mol. The van der Waals surface area contributed by atoms with Crippen LogP contribution in [0.4, 0.5) is 5.82 Å². The van der Waals surface area contributed by atoms with Crippen molar-refractivity contribution in [3.05, 3.63) is 70.7 Å². The van der Waals surface area contributed by atoms with Gasteiger partial charge < -0.3 is 19.5 Å². The number of carbonyl (C=O) groups excluding carboxylic acids is 1. The van der Waals surface area contributed by atoms with Gasteiger partial charge in [-0.2, -0.15) is 0 Å². The molecule has 2 heterocycles. The number of aryl methyl sites for hydroxylation is 2. The smallest absolute Gasteiger partial charge is 0.251 e. The van der Waals surface area contributed by atoms with Crippen LogP contribution in [-0.2, 0) is 13.2 Å². The molecule has 0 aliphatic rings. The van der Waals surface area contributed by atoms with Crippen LogP contribution >= 0.6 is 0 Å². The van der Waals surface area contributed by atoms with Crippen LogP contribution in [0.5, 0.6) is 5.75 Å². The molecule has 3 rings (SSSR count). The normalized spacial score (nSPS) is 10.6. The number of amides is 1. The lowest BCUT2D eigenvalue weighted by Crippen LogP contribution is -2.23. The molecule has 1 N–H and O–H groups in total. The maximum Gasteiger partial charge on any atom is 0.251 e. The summed E-state index contributed by atoms with van der Waals surface area (Å²) in [4.78, 5) is 18.7. The zero-order valence-corrected chi connectivity index (χ0v) is 16.5. The van der Waals surface area contributed by atoms with Crippen molar-refractivity contribution in [2.45, 2.75) is 27.0 Å². The van der Waals surface area contributed by atoms with Crippen LogP contribution in [-0.4, -0.2) is 30.1 Å². The lowest BCUT2D eigenvalue weighted by Gasteiger charge is -2.12. The Morgan fingerprint density at radius 3 is 2.68 bits per heavy atom. The number of ether oxygens (including phenoxy) is 1.